The number of hydrogen-bond donors (Lipinski definition) is 0. The lowest BCUT2D eigenvalue weighted by Crippen LogP contribution is -2.25. The molecule has 0 aromatic heterocycles. The van der Waals surface area contributed by atoms with Gasteiger partial charge in [0.05, 0.1) is 14.9 Å². The van der Waals surface area contributed by atoms with Gasteiger partial charge < -0.3 is 4.74 Å². The number of fused-ring (bicyclic) bond motifs is 1. The molecule has 0 amide bonds. The highest BCUT2D eigenvalue weighted by atomic mass is 35.5. The quantitative estimate of drug-likeness (QED) is 0.404. The van der Waals surface area contributed by atoms with E-state index in [1.54, 1.807) is 42.5 Å². The molecule has 4 rings (SSSR count). The molecule has 0 fully saturated rings. The van der Waals surface area contributed by atoms with Crippen molar-refractivity contribution in [2.45, 2.75) is 17.9 Å². The molecular formula is C23H17Cl2FO4S. The second kappa shape index (κ2) is 8.63. The van der Waals surface area contributed by atoms with Crippen molar-refractivity contribution < 1.29 is 21.7 Å². The van der Waals surface area contributed by atoms with E-state index in [-0.39, 0.29) is 11.5 Å². The number of hydrogen-bond acceptors (Lipinski definition) is 4. The van der Waals surface area contributed by atoms with Gasteiger partial charge in [-0.05, 0) is 49.4 Å². The number of benzene rings is 3. The van der Waals surface area contributed by atoms with Crippen LogP contribution in [0, 0.1) is 12.7 Å². The van der Waals surface area contributed by atoms with Crippen molar-refractivity contribution in [3.05, 3.63) is 87.7 Å². The van der Waals surface area contributed by atoms with E-state index in [2.05, 4.69) is 0 Å². The van der Waals surface area contributed by atoms with Crippen LogP contribution in [0.15, 0.2) is 65.6 Å². The molecule has 0 saturated carbocycles. The van der Waals surface area contributed by atoms with Crippen molar-refractivity contribution in [1.29, 1.82) is 0 Å². The van der Waals surface area contributed by atoms with Gasteiger partial charge in [-0.15, -0.1) is 0 Å². The zero-order chi connectivity index (χ0) is 22.2. The van der Waals surface area contributed by atoms with Crippen LogP contribution in [0.1, 0.15) is 11.1 Å². The van der Waals surface area contributed by atoms with Gasteiger partial charge in [-0.2, -0.15) is 8.42 Å². The Kier molecular flexibility index (Phi) is 6.08. The molecule has 1 aliphatic heterocycles. The first kappa shape index (κ1) is 21.8. The summed E-state index contributed by atoms with van der Waals surface area (Å²) in [5.41, 5.74) is 2.24. The highest BCUT2D eigenvalue weighted by Crippen LogP contribution is 2.43. The fraction of sp³-hybridized carbons (Fsp3) is 0.130. The van der Waals surface area contributed by atoms with Crippen LogP contribution in [0.4, 0.5) is 4.39 Å². The normalized spacial score (nSPS) is 15.4. The van der Waals surface area contributed by atoms with Gasteiger partial charge in [0.1, 0.15) is 24.3 Å². The summed E-state index contributed by atoms with van der Waals surface area (Å²) in [4.78, 5) is 0.0592. The summed E-state index contributed by atoms with van der Waals surface area (Å²) >= 11 is 12.6. The molecule has 31 heavy (non-hydrogen) atoms. The average Bonchev–Trinajstić information content (AvgIpc) is 2.72. The number of ether oxygens (including phenoxy) is 1. The Morgan fingerprint density at radius 2 is 1.74 bits per heavy atom. The molecule has 3 aromatic rings. The van der Waals surface area contributed by atoms with Crippen LogP contribution in [-0.4, -0.2) is 21.1 Å². The Bertz CT molecular complexity index is 1250. The summed E-state index contributed by atoms with van der Waals surface area (Å²) in [7, 11) is -3.95. The topological polar surface area (TPSA) is 52.6 Å². The zero-order valence-corrected chi connectivity index (χ0v) is 18.6. The maximum absolute atomic E-state index is 14.2. The van der Waals surface area contributed by atoms with Gasteiger partial charge in [0.25, 0.3) is 10.1 Å². The van der Waals surface area contributed by atoms with Crippen LogP contribution in [0.3, 0.4) is 0 Å². The lowest BCUT2D eigenvalue weighted by atomic mass is 9.98. The molecule has 1 atom stereocenters. The molecule has 0 bridgehead atoms. The van der Waals surface area contributed by atoms with Gasteiger partial charge in [-0.1, -0.05) is 53.0 Å². The standard InChI is InChI=1S/C23H17Cl2FO4S/c1-14-5-9-18(10-6-14)31(27,28)29-13-17-8-7-15-11-16(26)12-19(23(15)30-17)22-20(24)3-2-4-21(22)25/h2-12,17H,13H2,1H3/t17-/m1/s1. The van der Waals surface area contributed by atoms with E-state index < -0.39 is 22.0 Å². The predicted molar refractivity (Wildman–Crippen MR) is 120 cm³/mol. The lowest BCUT2D eigenvalue weighted by Gasteiger charge is -2.24. The predicted octanol–water partition coefficient (Wildman–Crippen LogP) is 6.29. The smallest absolute Gasteiger partial charge is 0.297 e. The van der Waals surface area contributed by atoms with Gasteiger partial charge in [0.15, 0.2) is 0 Å². The van der Waals surface area contributed by atoms with Crippen molar-refractivity contribution in [2.24, 2.45) is 0 Å². The molecule has 1 aliphatic rings. The monoisotopic (exact) mass is 478 g/mol. The third-order valence-electron chi connectivity index (χ3n) is 4.77. The van der Waals surface area contributed by atoms with Crippen molar-refractivity contribution in [3.8, 4) is 16.9 Å². The average molecular weight is 479 g/mol. The summed E-state index contributed by atoms with van der Waals surface area (Å²) < 4.78 is 50.3. The van der Waals surface area contributed by atoms with Crippen LogP contribution in [0.25, 0.3) is 17.2 Å². The van der Waals surface area contributed by atoms with Crippen LogP contribution >= 0.6 is 23.2 Å². The van der Waals surface area contributed by atoms with Crippen molar-refractivity contribution in [2.75, 3.05) is 6.61 Å². The Morgan fingerprint density at radius 3 is 2.42 bits per heavy atom. The van der Waals surface area contributed by atoms with E-state index in [1.165, 1.54) is 24.3 Å². The molecule has 3 aromatic carbocycles. The summed E-state index contributed by atoms with van der Waals surface area (Å²) in [5.74, 6) is -0.130. The number of rotatable bonds is 5. The Balaban J connectivity index is 1.61. The third kappa shape index (κ3) is 4.62. The van der Waals surface area contributed by atoms with Crippen molar-refractivity contribution >= 4 is 39.4 Å². The minimum absolute atomic E-state index is 0.0592. The molecule has 1 heterocycles. The summed E-state index contributed by atoms with van der Waals surface area (Å²) in [6.07, 6.45) is 2.56. The van der Waals surface area contributed by atoms with Crippen LogP contribution in [-0.2, 0) is 14.3 Å². The molecule has 0 unspecified atom stereocenters. The molecule has 4 nitrogen and oxygen atoms in total. The Morgan fingerprint density at radius 1 is 1.06 bits per heavy atom. The molecule has 8 heteroatoms. The fourth-order valence-electron chi connectivity index (χ4n) is 3.23. The maximum atomic E-state index is 14.2. The second-order valence-corrected chi connectivity index (χ2v) is 9.47. The lowest BCUT2D eigenvalue weighted by molar-refractivity contribution is 0.166. The molecule has 160 valence electrons. The van der Waals surface area contributed by atoms with E-state index in [9.17, 15) is 12.8 Å². The molecule has 0 aliphatic carbocycles. The van der Waals surface area contributed by atoms with Gasteiger partial charge in [-0.25, -0.2) is 4.39 Å². The summed E-state index contributed by atoms with van der Waals surface area (Å²) in [6.45, 7) is 1.61. The van der Waals surface area contributed by atoms with Gasteiger partial charge in [-0.3, -0.25) is 4.18 Å². The second-order valence-electron chi connectivity index (χ2n) is 7.04. The SMILES string of the molecule is Cc1ccc(S(=O)(=O)OC[C@H]2C=Cc3cc(F)cc(-c4c(Cl)cccc4Cl)c3O2)cc1. The molecule has 0 spiro atoms. The Labute approximate surface area is 190 Å². The van der Waals surface area contributed by atoms with E-state index in [0.717, 1.165) is 5.56 Å². The summed E-state index contributed by atoms with van der Waals surface area (Å²) in [6, 6.07) is 13.9. The maximum Gasteiger partial charge on any atom is 0.297 e. The van der Waals surface area contributed by atoms with E-state index >= 15 is 0 Å². The minimum Gasteiger partial charge on any atom is -0.483 e. The highest BCUT2D eigenvalue weighted by Gasteiger charge is 2.25. The zero-order valence-electron chi connectivity index (χ0n) is 16.3. The summed E-state index contributed by atoms with van der Waals surface area (Å²) in [5, 5.41) is 0.682. The van der Waals surface area contributed by atoms with Crippen molar-refractivity contribution in [3.63, 3.8) is 0 Å². The first-order valence-electron chi connectivity index (χ1n) is 9.33. The van der Waals surface area contributed by atoms with Crippen molar-refractivity contribution in [1.82, 2.24) is 0 Å². The fourth-order valence-corrected chi connectivity index (χ4v) is 4.75. The third-order valence-corrected chi connectivity index (χ3v) is 6.70. The van der Waals surface area contributed by atoms with Gasteiger partial charge in [0.2, 0.25) is 0 Å². The van der Waals surface area contributed by atoms with Gasteiger partial charge in [0, 0.05) is 16.7 Å². The molecule has 0 N–H and O–H groups in total. The van der Waals surface area contributed by atoms with E-state index in [1.807, 2.05) is 6.92 Å². The molecule has 0 saturated heterocycles. The number of aryl methyl sites for hydroxylation is 1. The first-order valence-corrected chi connectivity index (χ1v) is 11.5. The van der Waals surface area contributed by atoms with E-state index in [0.29, 0.717) is 32.5 Å². The highest BCUT2D eigenvalue weighted by molar-refractivity contribution is 7.86. The van der Waals surface area contributed by atoms with E-state index in [4.69, 9.17) is 32.1 Å². The molecule has 0 radical (unpaired) electrons. The van der Waals surface area contributed by atoms with Gasteiger partial charge >= 0.3 is 0 Å². The van der Waals surface area contributed by atoms with Crippen LogP contribution < -0.4 is 4.74 Å². The van der Waals surface area contributed by atoms with Crippen LogP contribution in [0.2, 0.25) is 10.0 Å². The first-order chi connectivity index (χ1) is 14.7. The number of halogens is 3. The minimum atomic E-state index is -3.95. The largest absolute Gasteiger partial charge is 0.483 e. The molecular weight excluding hydrogens is 462 g/mol. The van der Waals surface area contributed by atoms with Crippen LogP contribution in [0.5, 0.6) is 5.75 Å². The Hall–Kier alpha value is -2.38.